The second kappa shape index (κ2) is 10.3. The van der Waals surface area contributed by atoms with Gasteiger partial charge in [0, 0.05) is 40.8 Å². The highest BCUT2D eigenvalue weighted by Gasteiger charge is 2.22. The minimum atomic E-state index is -0.0423. The molecule has 0 spiro atoms. The van der Waals surface area contributed by atoms with Gasteiger partial charge >= 0.3 is 0 Å². The highest BCUT2D eigenvalue weighted by molar-refractivity contribution is 6.31. The van der Waals surface area contributed by atoms with Crippen molar-refractivity contribution in [1.29, 1.82) is 0 Å². The van der Waals surface area contributed by atoms with E-state index in [9.17, 15) is 4.79 Å². The van der Waals surface area contributed by atoms with Gasteiger partial charge in [-0.1, -0.05) is 18.5 Å². The molecule has 2 aromatic rings. The third kappa shape index (κ3) is 6.13. The molecular weight excluding hydrogens is 374 g/mol. The predicted molar refractivity (Wildman–Crippen MR) is 115 cm³/mol. The minimum Gasteiger partial charge on any atom is -0.491 e. The third-order valence-electron chi connectivity index (χ3n) is 4.46. The average molecular weight is 404 g/mol. The molecule has 0 saturated heterocycles. The summed E-state index contributed by atoms with van der Waals surface area (Å²) in [7, 11) is 0. The zero-order valence-corrected chi connectivity index (χ0v) is 18.0. The fraction of sp³-hybridized carbons (Fsp3) is 0.455. The molecule has 1 unspecified atom stereocenters. The summed E-state index contributed by atoms with van der Waals surface area (Å²) >= 11 is 6.26. The van der Waals surface area contributed by atoms with Crippen molar-refractivity contribution in [2.24, 2.45) is 0 Å². The van der Waals surface area contributed by atoms with E-state index in [-0.39, 0.29) is 24.0 Å². The molecule has 152 valence electrons. The first-order valence-corrected chi connectivity index (χ1v) is 10.1. The van der Waals surface area contributed by atoms with Gasteiger partial charge in [-0.3, -0.25) is 9.78 Å². The topological polar surface area (TPSA) is 54.5 Å². The molecule has 5 nitrogen and oxygen atoms in total. The Morgan fingerprint density at radius 2 is 1.79 bits per heavy atom. The lowest BCUT2D eigenvalue weighted by Crippen LogP contribution is -2.42. The number of nitrogens with one attached hydrogen (secondary N) is 1. The van der Waals surface area contributed by atoms with Crippen molar-refractivity contribution < 1.29 is 9.53 Å². The number of amides is 1. The van der Waals surface area contributed by atoms with Gasteiger partial charge < -0.3 is 15.0 Å². The molecule has 1 heterocycles. The Hall–Kier alpha value is -2.27. The summed E-state index contributed by atoms with van der Waals surface area (Å²) in [4.78, 5) is 18.8. The van der Waals surface area contributed by atoms with Gasteiger partial charge in [0.2, 0.25) is 0 Å². The fourth-order valence-electron chi connectivity index (χ4n) is 3.13. The lowest BCUT2D eigenvalue weighted by Gasteiger charge is -2.31. The van der Waals surface area contributed by atoms with Crippen LogP contribution in [0.5, 0.6) is 5.75 Å². The molecule has 0 saturated carbocycles. The number of nitrogens with zero attached hydrogens (tertiary/aromatic N) is 2. The molecule has 1 N–H and O–H groups in total. The zero-order chi connectivity index (χ0) is 20.7. The van der Waals surface area contributed by atoms with Crippen LogP contribution in [-0.2, 0) is 0 Å². The van der Waals surface area contributed by atoms with E-state index in [4.69, 9.17) is 16.3 Å². The number of rotatable bonds is 9. The number of aromatic nitrogens is 1. The Bertz CT molecular complexity index is 758. The first-order chi connectivity index (χ1) is 13.3. The van der Waals surface area contributed by atoms with Crippen molar-refractivity contribution in [3.8, 4) is 5.75 Å². The fourth-order valence-corrected chi connectivity index (χ4v) is 3.35. The second-order valence-electron chi connectivity index (χ2n) is 7.37. The number of halogens is 1. The van der Waals surface area contributed by atoms with E-state index in [1.54, 1.807) is 30.6 Å². The monoisotopic (exact) mass is 403 g/mol. The van der Waals surface area contributed by atoms with Crippen molar-refractivity contribution in [3.63, 3.8) is 0 Å². The van der Waals surface area contributed by atoms with Gasteiger partial charge in [-0.2, -0.15) is 0 Å². The molecule has 1 aromatic heterocycles. The number of carbonyl (C=O) groups is 1. The van der Waals surface area contributed by atoms with Crippen molar-refractivity contribution in [2.45, 2.75) is 59.2 Å². The number of anilines is 1. The van der Waals surface area contributed by atoms with Crippen molar-refractivity contribution in [3.05, 3.63) is 53.3 Å². The summed E-state index contributed by atoms with van der Waals surface area (Å²) in [5, 5.41) is 3.92. The molecule has 2 rings (SSSR count). The first-order valence-electron chi connectivity index (χ1n) is 9.74. The number of hydrogen-bond donors (Lipinski definition) is 1. The molecule has 1 amide bonds. The van der Waals surface area contributed by atoms with Crippen molar-refractivity contribution in [2.75, 3.05) is 11.9 Å². The quantitative estimate of drug-likeness (QED) is 0.620. The van der Waals surface area contributed by atoms with Crippen LogP contribution >= 0.6 is 11.6 Å². The van der Waals surface area contributed by atoms with Crippen LogP contribution in [-0.4, -0.2) is 40.5 Å². The highest BCUT2D eigenvalue weighted by Crippen LogP contribution is 2.24. The zero-order valence-electron chi connectivity index (χ0n) is 17.3. The average Bonchev–Trinajstić information content (AvgIpc) is 2.64. The molecule has 0 radical (unpaired) electrons. The van der Waals surface area contributed by atoms with Gasteiger partial charge in [-0.25, -0.2) is 0 Å². The SMILES string of the molecule is CCC(COc1cc(Cl)cc(C(=O)N(C(C)C)C(C)C)c1)Nc1ccncc1. The van der Waals surface area contributed by atoms with Crippen LogP contribution in [0.25, 0.3) is 0 Å². The van der Waals surface area contributed by atoms with E-state index >= 15 is 0 Å². The molecule has 0 aliphatic rings. The Morgan fingerprint density at radius 3 is 2.36 bits per heavy atom. The van der Waals surface area contributed by atoms with E-state index in [1.165, 1.54) is 0 Å². The summed E-state index contributed by atoms with van der Waals surface area (Å²) in [6, 6.07) is 9.38. The Morgan fingerprint density at radius 1 is 1.14 bits per heavy atom. The summed E-state index contributed by atoms with van der Waals surface area (Å²) in [6.07, 6.45) is 4.39. The van der Waals surface area contributed by atoms with Crippen LogP contribution in [0.3, 0.4) is 0 Å². The van der Waals surface area contributed by atoms with E-state index in [2.05, 4.69) is 17.2 Å². The number of ether oxygens (including phenoxy) is 1. The Balaban J connectivity index is 2.10. The van der Waals surface area contributed by atoms with Crippen molar-refractivity contribution in [1.82, 2.24) is 9.88 Å². The van der Waals surface area contributed by atoms with Crippen LogP contribution in [0.15, 0.2) is 42.7 Å². The minimum absolute atomic E-state index is 0.0423. The number of hydrogen-bond acceptors (Lipinski definition) is 4. The van der Waals surface area contributed by atoms with Crippen LogP contribution in [0.2, 0.25) is 5.02 Å². The molecule has 0 aliphatic carbocycles. The van der Waals surface area contributed by atoms with Gasteiger partial charge in [-0.15, -0.1) is 0 Å². The highest BCUT2D eigenvalue weighted by atomic mass is 35.5. The van der Waals surface area contributed by atoms with Gasteiger partial charge in [0.05, 0.1) is 6.04 Å². The maximum atomic E-state index is 13.0. The van der Waals surface area contributed by atoms with Gasteiger partial charge in [0.1, 0.15) is 12.4 Å². The first kappa shape index (κ1) is 22.0. The van der Waals surface area contributed by atoms with E-state index in [0.717, 1.165) is 12.1 Å². The second-order valence-corrected chi connectivity index (χ2v) is 7.81. The summed E-state index contributed by atoms with van der Waals surface area (Å²) in [6.45, 7) is 10.6. The standard InChI is InChI=1S/C22H30ClN3O2/c1-6-19(25-20-7-9-24-10-8-20)14-28-21-12-17(11-18(23)13-21)22(27)26(15(2)3)16(4)5/h7-13,15-16,19H,6,14H2,1-5H3,(H,24,25). The van der Waals surface area contributed by atoms with E-state index in [1.807, 2.05) is 44.7 Å². The van der Waals surface area contributed by atoms with Crippen LogP contribution in [0.4, 0.5) is 5.69 Å². The molecule has 28 heavy (non-hydrogen) atoms. The van der Waals surface area contributed by atoms with Gasteiger partial charge in [0.25, 0.3) is 5.91 Å². The van der Waals surface area contributed by atoms with Crippen LogP contribution in [0, 0.1) is 0 Å². The number of pyridine rings is 1. The van der Waals surface area contributed by atoms with Crippen LogP contribution in [0.1, 0.15) is 51.4 Å². The summed E-state index contributed by atoms with van der Waals surface area (Å²) in [5.41, 5.74) is 1.54. The molecule has 0 aliphatic heterocycles. The number of carbonyl (C=O) groups excluding carboxylic acids is 1. The third-order valence-corrected chi connectivity index (χ3v) is 4.68. The molecule has 0 bridgehead atoms. The van der Waals surface area contributed by atoms with Crippen molar-refractivity contribution >= 4 is 23.2 Å². The Labute approximate surface area is 173 Å². The number of benzene rings is 1. The largest absolute Gasteiger partial charge is 0.491 e. The normalized spacial score (nSPS) is 12.1. The van der Waals surface area contributed by atoms with Gasteiger partial charge in [-0.05, 0) is 64.4 Å². The summed E-state index contributed by atoms with van der Waals surface area (Å²) in [5.74, 6) is 0.553. The van der Waals surface area contributed by atoms with Gasteiger partial charge in [0.15, 0.2) is 0 Å². The summed E-state index contributed by atoms with van der Waals surface area (Å²) < 4.78 is 5.97. The van der Waals surface area contributed by atoms with Crippen LogP contribution < -0.4 is 10.1 Å². The van der Waals surface area contributed by atoms with E-state index < -0.39 is 0 Å². The smallest absolute Gasteiger partial charge is 0.254 e. The maximum absolute atomic E-state index is 13.0. The lowest BCUT2D eigenvalue weighted by atomic mass is 10.1. The molecular formula is C22H30ClN3O2. The Kier molecular flexibility index (Phi) is 8.12. The molecule has 0 fully saturated rings. The molecule has 1 atom stereocenters. The van der Waals surface area contributed by atoms with E-state index in [0.29, 0.717) is 22.9 Å². The molecule has 1 aromatic carbocycles. The predicted octanol–water partition coefficient (Wildman–Crippen LogP) is 5.26. The lowest BCUT2D eigenvalue weighted by molar-refractivity contribution is 0.0643. The molecule has 6 heteroatoms. The maximum Gasteiger partial charge on any atom is 0.254 e.